The van der Waals surface area contributed by atoms with E-state index in [-0.39, 0.29) is 29.9 Å². The molecular formula is C24H17NO5. The second-order valence-electron chi connectivity index (χ2n) is 7.08. The van der Waals surface area contributed by atoms with Gasteiger partial charge in [0.1, 0.15) is 17.2 Å². The molecule has 1 aromatic heterocycles. The fourth-order valence-electron chi connectivity index (χ4n) is 3.82. The average molecular weight is 399 g/mol. The molecule has 0 amide bonds. The number of benzene rings is 2. The number of allylic oxidation sites excluding steroid dienone is 1. The van der Waals surface area contributed by atoms with Crippen molar-refractivity contribution in [2.45, 2.75) is 12.3 Å². The first kappa shape index (κ1) is 18.1. The number of rotatable bonds is 3. The summed E-state index contributed by atoms with van der Waals surface area (Å²) in [6.07, 6.45) is 5.25. The van der Waals surface area contributed by atoms with E-state index in [9.17, 15) is 9.59 Å². The number of pyridine rings is 1. The van der Waals surface area contributed by atoms with Crippen LogP contribution in [0.4, 0.5) is 0 Å². The number of ether oxygens (including phenoxy) is 3. The zero-order valence-electron chi connectivity index (χ0n) is 16.1. The van der Waals surface area contributed by atoms with Gasteiger partial charge in [0, 0.05) is 23.9 Å². The number of hydrogen-bond acceptors (Lipinski definition) is 6. The second-order valence-corrected chi connectivity index (χ2v) is 7.08. The number of carbonyl (C=O) groups is 2. The van der Waals surface area contributed by atoms with Crippen molar-refractivity contribution in [3.63, 3.8) is 0 Å². The molecule has 0 unspecified atom stereocenters. The summed E-state index contributed by atoms with van der Waals surface area (Å²) in [6.45, 7) is 0. The van der Waals surface area contributed by atoms with Gasteiger partial charge in [0.25, 0.3) is 0 Å². The normalized spacial score (nSPS) is 18.4. The lowest BCUT2D eigenvalue weighted by atomic mass is 9.85. The highest BCUT2D eigenvalue weighted by Crippen LogP contribution is 2.48. The van der Waals surface area contributed by atoms with E-state index in [1.165, 1.54) is 0 Å². The predicted octanol–water partition coefficient (Wildman–Crippen LogP) is 4.15. The fourth-order valence-corrected chi connectivity index (χ4v) is 3.82. The van der Waals surface area contributed by atoms with Crippen molar-refractivity contribution in [1.82, 2.24) is 4.98 Å². The van der Waals surface area contributed by atoms with Crippen molar-refractivity contribution in [3.8, 4) is 17.2 Å². The monoisotopic (exact) mass is 399 g/mol. The van der Waals surface area contributed by atoms with Crippen LogP contribution in [0.5, 0.6) is 17.2 Å². The Morgan fingerprint density at radius 3 is 2.63 bits per heavy atom. The summed E-state index contributed by atoms with van der Waals surface area (Å²) in [5, 5.41) is 0. The highest BCUT2D eigenvalue weighted by Gasteiger charge is 2.38. The quantitative estimate of drug-likeness (QED) is 0.374. The van der Waals surface area contributed by atoms with E-state index < -0.39 is 0 Å². The number of Topliss-reactive ketones (excluding diaryl/α,β-unsaturated/α-hetero) is 1. The van der Waals surface area contributed by atoms with Crippen LogP contribution < -0.4 is 14.2 Å². The molecule has 148 valence electrons. The third-order valence-corrected chi connectivity index (χ3v) is 5.28. The van der Waals surface area contributed by atoms with Crippen LogP contribution in [0.1, 0.15) is 39.4 Å². The molecular weight excluding hydrogens is 382 g/mol. The summed E-state index contributed by atoms with van der Waals surface area (Å²) in [6, 6.07) is 14.4. The van der Waals surface area contributed by atoms with Crippen molar-refractivity contribution in [2.75, 3.05) is 7.11 Å². The third-order valence-electron chi connectivity index (χ3n) is 5.28. The SMILES string of the molecule is COc1ccc(/C=C2\Oc3c(ccc4c3[C@H](c3cccnc3)CC(=O)O4)C2=O)cc1. The molecule has 30 heavy (non-hydrogen) atoms. The first-order valence-corrected chi connectivity index (χ1v) is 9.50. The van der Waals surface area contributed by atoms with E-state index in [1.807, 2.05) is 36.4 Å². The predicted molar refractivity (Wildman–Crippen MR) is 109 cm³/mol. The van der Waals surface area contributed by atoms with Crippen molar-refractivity contribution < 1.29 is 23.8 Å². The van der Waals surface area contributed by atoms with E-state index >= 15 is 0 Å². The Kier molecular flexibility index (Phi) is 4.32. The number of nitrogens with zero attached hydrogens (tertiary/aromatic N) is 1. The van der Waals surface area contributed by atoms with Gasteiger partial charge in [0.15, 0.2) is 5.76 Å². The highest BCUT2D eigenvalue weighted by molar-refractivity contribution is 6.15. The topological polar surface area (TPSA) is 74.7 Å². The Morgan fingerprint density at radius 1 is 1.07 bits per heavy atom. The molecule has 0 fully saturated rings. The summed E-state index contributed by atoms with van der Waals surface area (Å²) in [4.78, 5) is 29.3. The van der Waals surface area contributed by atoms with Gasteiger partial charge in [-0.15, -0.1) is 0 Å². The molecule has 2 aliphatic rings. The molecule has 0 spiro atoms. The van der Waals surface area contributed by atoms with Crippen molar-refractivity contribution >= 4 is 17.8 Å². The second kappa shape index (κ2) is 7.15. The minimum absolute atomic E-state index is 0.157. The maximum Gasteiger partial charge on any atom is 0.312 e. The Bertz CT molecular complexity index is 1180. The van der Waals surface area contributed by atoms with Crippen LogP contribution in [0.2, 0.25) is 0 Å². The molecule has 0 saturated heterocycles. The summed E-state index contributed by atoms with van der Waals surface area (Å²) < 4.78 is 16.6. The van der Waals surface area contributed by atoms with E-state index in [0.29, 0.717) is 22.6 Å². The minimum Gasteiger partial charge on any atom is -0.497 e. The van der Waals surface area contributed by atoms with Crippen molar-refractivity contribution in [1.29, 1.82) is 0 Å². The smallest absolute Gasteiger partial charge is 0.312 e. The first-order valence-electron chi connectivity index (χ1n) is 9.50. The van der Waals surface area contributed by atoms with Gasteiger partial charge in [-0.25, -0.2) is 0 Å². The number of fused-ring (bicyclic) bond motifs is 3. The Labute approximate surface area is 172 Å². The molecule has 2 aromatic carbocycles. The van der Waals surface area contributed by atoms with Crippen LogP contribution in [0, 0.1) is 0 Å². The van der Waals surface area contributed by atoms with Gasteiger partial charge in [0.05, 0.1) is 19.1 Å². The van der Waals surface area contributed by atoms with Crippen LogP contribution in [0.15, 0.2) is 66.7 Å². The number of carbonyl (C=O) groups excluding carboxylic acids is 2. The molecule has 6 heteroatoms. The molecule has 5 rings (SSSR count). The fraction of sp³-hybridized carbons (Fsp3) is 0.125. The number of aromatic nitrogens is 1. The molecule has 3 heterocycles. The van der Waals surface area contributed by atoms with E-state index in [0.717, 1.165) is 16.9 Å². The molecule has 0 radical (unpaired) electrons. The van der Waals surface area contributed by atoms with Gasteiger partial charge in [-0.1, -0.05) is 18.2 Å². The molecule has 0 aliphatic carbocycles. The molecule has 2 aliphatic heterocycles. The first-order chi connectivity index (χ1) is 14.6. The van der Waals surface area contributed by atoms with E-state index in [4.69, 9.17) is 14.2 Å². The van der Waals surface area contributed by atoms with Crippen LogP contribution in [0.25, 0.3) is 6.08 Å². The Balaban J connectivity index is 1.58. The average Bonchev–Trinajstić information content (AvgIpc) is 3.09. The molecule has 0 bridgehead atoms. The summed E-state index contributed by atoms with van der Waals surface area (Å²) in [5.74, 6) is 0.994. The maximum atomic E-state index is 13.0. The molecule has 3 aromatic rings. The molecule has 0 saturated carbocycles. The molecule has 6 nitrogen and oxygen atoms in total. The van der Waals surface area contributed by atoms with Crippen LogP contribution in [-0.4, -0.2) is 23.8 Å². The van der Waals surface area contributed by atoms with Gasteiger partial charge >= 0.3 is 5.97 Å². The molecule has 1 atom stereocenters. The van der Waals surface area contributed by atoms with Gasteiger partial charge in [-0.05, 0) is 47.5 Å². The van der Waals surface area contributed by atoms with Gasteiger partial charge in [-0.3, -0.25) is 14.6 Å². The maximum absolute atomic E-state index is 13.0. The van der Waals surface area contributed by atoms with Gasteiger partial charge in [-0.2, -0.15) is 0 Å². The lowest BCUT2D eigenvalue weighted by Crippen LogP contribution is -2.21. The zero-order valence-corrected chi connectivity index (χ0v) is 16.1. The van der Waals surface area contributed by atoms with Crippen molar-refractivity contribution in [3.05, 3.63) is 88.9 Å². The van der Waals surface area contributed by atoms with Crippen LogP contribution in [-0.2, 0) is 4.79 Å². The van der Waals surface area contributed by atoms with E-state index in [1.54, 1.807) is 37.7 Å². The summed E-state index contributed by atoms with van der Waals surface area (Å²) >= 11 is 0. The largest absolute Gasteiger partial charge is 0.497 e. The molecule has 0 N–H and O–H groups in total. The highest BCUT2D eigenvalue weighted by atomic mass is 16.5. The van der Waals surface area contributed by atoms with E-state index in [2.05, 4.69) is 4.98 Å². The van der Waals surface area contributed by atoms with Gasteiger partial charge in [0.2, 0.25) is 5.78 Å². The van der Waals surface area contributed by atoms with Crippen LogP contribution >= 0.6 is 0 Å². The van der Waals surface area contributed by atoms with Crippen LogP contribution in [0.3, 0.4) is 0 Å². The van der Waals surface area contributed by atoms with Gasteiger partial charge < -0.3 is 14.2 Å². The lowest BCUT2D eigenvalue weighted by Gasteiger charge is -2.26. The third kappa shape index (κ3) is 3.03. The summed E-state index contributed by atoms with van der Waals surface area (Å²) in [7, 11) is 1.60. The standard InChI is InChI=1S/C24H17NO5/c1-28-16-6-4-14(5-7-16)11-20-23(27)17-8-9-19-22(24(17)30-20)18(12-21(26)29-19)15-3-2-10-25-13-15/h2-11,13,18H,12H2,1H3/b20-11-/t18-/m0/s1. The summed E-state index contributed by atoms with van der Waals surface area (Å²) in [5.41, 5.74) is 2.84. The number of hydrogen-bond donors (Lipinski definition) is 0. The number of ketones is 1. The zero-order chi connectivity index (χ0) is 20.7. The Morgan fingerprint density at radius 2 is 1.90 bits per heavy atom. The lowest BCUT2D eigenvalue weighted by molar-refractivity contribution is -0.135. The van der Waals surface area contributed by atoms with Crippen molar-refractivity contribution in [2.24, 2.45) is 0 Å². The minimum atomic E-state index is -0.324. The number of methoxy groups -OCH3 is 1. The Hall–Kier alpha value is -3.93. The number of esters is 1.